The lowest BCUT2D eigenvalue weighted by atomic mass is 9.95. The second-order valence-corrected chi connectivity index (χ2v) is 6.40. The van der Waals surface area contributed by atoms with Crippen LogP contribution in [0.3, 0.4) is 0 Å². The minimum atomic E-state index is -2.14. The van der Waals surface area contributed by atoms with Crippen LogP contribution in [0.25, 0.3) is 0 Å². The van der Waals surface area contributed by atoms with Gasteiger partial charge < -0.3 is 9.08 Å². The SMILES string of the molecule is CCc1cc(CS(=O)[O-])ccc1C(=O)c1cnoc1C1CC1. The molecule has 0 spiro atoms. The fraction of sp³-hybridized carbons (Fsp3) is 0.375. The number of carbonyl (C=O) groups excluding carboxylic acids is 1. The molecule has 0 aliphatic heterocycles. The summed E-state index contributed by atoms with van der Waals surface area (Å²) < 4.78 is 26.9. The second-order valence-electron chi connectivity index (χ2n) is 5.50. The van der Waals surface area contributed by atoms with Gasteiger partial charge in [-0.05, 0) is 30.4 Å². The molecule has 1 unspecified atom stereocenters. The Morgan fingerprint density at radius 3 is 2.82 bits per heavy atom. The quantitative estimate of drug-likeness (QED) is 0.604. The number of rotatable bonds is 6. The van der Waals surface area contributed by atoms with E-state index in [4.69, 9.17) is 4.52 Å². The van der Waals surface area contributed by atoms with Crippen molar-refractivity contribution in [1.29, 1.82) is 0 Å². The average molecular weight is 318 g/mol. The molecule has 3 rings (SSSR count). The van der Waals surface area contributed by atoms with Gasteiger partial charge in [-0.1, -0.05) is 41.4 Å². The topological polar surface area (TPSA) is 83.2 Å². The third-order valence-electron chi connectivity index (χ3n) is 3.87. The normalized spacial score (nSPS) is 15.7. The molecule has 0 N–H and O–H groups in total. The van der Waals surface area contributed by atoms with Crippen molar-refractivity contribution in [3.8, 4) is 0 Å². The highest BCUT2D eigenvalue weighted by Crippen LogP contribution is 2.42. The summed E-state index contributed by atoms with van der Waals surface area (Å²) in [6.07, 6.45) is 4.20. The molecule has 1 aromatic heterocycles. The summed E-state index contributed by atoms with van der Waals surface area (Å²) in [5.74, 6) is 0.850. The molecule has 1 aliphatic carbocycles. The van der Waals surface area contributed by atoms with E-state index >= 15 is 0 Å². The standard InChI is InChI=1S/C16H17NO4S/c1-2-11-7-10(9-22(19)20)3-6-13(11)15(18)14-8-17-21-16(14)12-4-5-12/h3,6-8,12H,2,4-5,9H2,1H3,(H,19,20)/p-1. The number of benzene rings is 1. The van der Waals surface area contributed by atoms with Crippen molar-refractivity contribution in [2.45, 2.75) is 37.9 Å². The molecular weight excluding hydrogens is 302 g/mol. The summed E-state index contributed by atoms with van der Waals surface area (Å²) in [6, 6.07) is 5.17. The minimum Gasteiger partial charge on any atom is -0.772 e. The maximum Gasteiger partial charge on any atom is 0.198 e. The van der Waals surface area contributed by atoms with Crippen molar-refractivity contribution < 1.29 is 18.1 Å². The van der Waals surface area contributed by atoms with Gasteiger partial charge in [-0.25, -0.2) is 0 Å². The lowest BCUT2D eigenvalue weighted by Gasteiger charge is -2.11. The zero-order valence-corrected chi connectivity index (χ0v) is 13.0. The van der Waals surface area contributed by atoms with Gasteiger partial charge in [0.05, 0.1) is 11.8 Å². The molecule has 1 saturated carbocycles. The number of hydrogen-bond donors (Lipinski definition) is 0. The van der Waals surface area contributed by atoms with Crippen molar-refractivity contribution in [2.75, 3.05) is 0 Å². The highest BCUT2D eigenvalue weighted by molar-refractivity contribution is 7.78. The Balaban J connectivity index is 1.94. The van der Waals surface area contributed by atoms with Crippen molar-refractivity contribution in [1.82, 2.24) is 5.16 Å². The molecule has 1 fully saturated rings. The van der Waals surface area contributed by atoms with Gasteiger partial charge in [-0.2, -0.15) is 0 Å². The van der Waals surface area contributed by atoms with E-state index in [2.05, 4.69) is 5.16 Å². The molecule has 0 amide bonds. The van der Waals surface area contributed by atoms with Crippen LogP contribution in [0, 0.1) is 0 Å². The van der Waals surface area contributed by atoms with E-state index in [1.54, 1.807) is 18.2 Å². The third kappa shape index (κ3) is 3.03. The molecular formula is C16H16NO4S-. The minimum absolute atomic E-state index is 0.0396. The summed E-state index contributed by atoms with van der Waals surface area (Å²) >= 11 is -2.14. The first kappa shape index (κ1) is 15.1. The first-order valence-electron chi connectivity index (χ1n) is 7.27. The highest BCUT2D eigenvalue weighted by Gasteiger charge is 2.33. The third-order valence-corrected chi connectivity index (χ3v) is 4.44. The monoisotopic (exact) mass is 318 g/mol. The fourth-order valence-corrected chi connectivity index (χ4v) is 3.04. The van der Waals surface area contributed by atoms with Crippen LogP contribution in [-0.4, -0.2) is 19.7 Å². The van der Waals surface area contributed by atoms with E-state index in [1.807, 2.05) is 6.92 Å². The maximum atomic E-state index is 12.8. The zero-order valence-electron chi connectivity index (χ0n) is 12.2. The van der Waals surface area contributed by atoms with Crippen molar-refractivity contribution >= 4 is 16.9 Å². The van der Waals surface area contributed by atoms with Gasteiger partial charge in [0.2, 0.25) is 0 Å². The van der Waals surface area contributed by atoms with Crippen LogP contribution in [-0.2, 0) is 23.3 Å². The number of aryl methyl sites for hydroxylation is 1. The van der Waals surface area contributed by atoms with Gasteiger partial charge in [0, 0.05) is 17.2 Å². The molecule has 22 heavy (non-hydrogen) atoms. The Morgan fingerprint density at radius 1 is 1.41 bits per heavy atom. The van der Waals surface area contributed by atoms with E-state index < -0.39 is 11.1 Å². The largest absolute Gasteiger partial charge is 0.772 e. The lowest BCUT2D eigenvalue weighted by molar-refractivity contribution is 0.103. The second kappa shape index (κ2) is 6.14. The molecule has 0 bridgehead atoms. The van der Waals surface area contributed by atoms with Gasteiger partial charge in [0.1, 0.15) is 0 Å². The zero-order chi connectivity index (χ0) is 15.7. The Kier molecular flexibility index (Phi) is 4.22. The molecule has 0 radical (unpaired) electrons. The molecule has 5 nitrogen and oxygen atoms in total. The Morgan fingerprint density at radius 2 is 2.18 bits per heavy atom. The summed E-state index contributed by atoms with van der Waals surface area (Å²) in [4.78, 5) is 12.8. The van der Waals surface area contributed by atoms with Crippen LogP contribution in [0.2, 0.25) is 0 Å². The predicted molar refractivity (Wildman–Crippen MR) is 80.4 cm³/mol. The van der Waals surface area contributed by atoms with Gasteiger partial charge in [-0.3, -0.25) is 9.00 Å². The van der Waals surface area contributed by atoms with E-state index in [9.17, 15) is 13.6 Å². The molecule has 1 aromatic carbocycles. The Hall–Kier alpha value is -1.79. The van der Waals surface area contributed by atoms with Crippen molar-refractivity contribution in [3.63, 3.8) is 0 Å². The van der Waals surface area contributed by atoms with Crippen LogP contribution < -0.4 is 0 Å². The van der Waals surface area contributed by atoms with Crippen LogP contribution in [0.15, 0.2) is 28.9 Å². The van der Waals surface area contributed by atoms with Crippen LogP contribution >= 0.6 is 0 Å². The van der Waals surface area contributed by atoms with E-state index in [1.165, 1.54) is 6.20 Å². The highest BCUT2D eigenvalue weighted by atomic mass is 32.2. The molecule has 6 heteroatoms. The van der Waals surface area contributed by atoms with E-state index in [-0.39, 0.29) is 11.5 Å². The first-order valence-corrected chi connectivity index (χ1v) is 8.51. The molecule has 2 aromatic rings. The number of ketones is 1. The molecule has 116 valence electrons. The van der Waals surface area contributed by atoms with E-state index in [0.29, 0.717) is 34.8 Å². The summed E-state index contributed by atoms with van der Waals surface area (Å²) in [6.45, 7) is 1.94. The summed E-state index contributed by atoms with van der Waals surface area (Å²) in [5.41, 5.74) is 2.65. The molecule has 0 saturated heterocycles. The Bertz CT molecular complexity index is 733. The summed E-state index contributed by atoms with van der Waals surface area (Å²) in [7, 11) is 0. The van der Waals surface area contributed by atoms with Gasteiger partial charge in [-0.15, -0.1) is 0 Å². The maximum absolute atomic E-state index is 12.8. The Labute approximate surface area is 131 Å². The molecule has 1 atom stereocenters. The van der Waals surface area contributed by atoms with Gasteiger partial charge in [0.15, 0.2) is 11.5 Å². The molecule has 1 heterocycles. The van der Waals surface area contributed by atoms with E-state index in [0.717, 1.165) is 18.4 Å². The predicted octanol–water partition coefficient (Wildman–Crippen LogP) is 2.72. The number of aromatic nitrogens is 1. The van der Waals surface area contributed by atoms with Crippen LogP contribution in [0.4, 0.5) is 0 Å². The van der Waals surface area contributed by atoms with Crippen molar-refractivity contribution in [3.05, 3.63) is 52.4 Å². The lowest BCUT2D eigenvalue weighted by Crippen LogP contribution is -2.07. The number of hydrogen-bond acceptors (Lipinski definition) is 5. The van der Waals surface area contributed by atoms with Crippen LogP contribution in [0.5, 0.6) is 0 Å². The molecule has 1 aliphatic rings. The number of nitrogens with zero attached hydrogens (tertiary/aromatic N) is 1. The smallest absolute Gasteiger partial charge is 0.198 e. The first-order chi connectivity index (χ1) is 10.6. The number of carbonyl (C=O) groups is 1. The average Bonchev–Trinajstić information content (AvgIpc) is 3.23. The van der Waals surface area contributed by atoms with Gasteiger partial charge >= 0.3 is 0 Å². The fourth-order valence-electron chi connectivity index (χ4n) is 2.59. The van der Waals surface area contributed by atoms with Crippen LogP contribution in [0.1, 0.15) is 58.5 Å². The summed E-state index contributed by atoms with van der Waals surface area (Å²) in [5, 5.41) is 3.77. The van der Waals surface area contributed by atoms with Crippen molar-refractivity contribution in [2.24, 2.45) is 0 Å². The van der Waals surface area contributed by atoms with Gasteiger partial charge in [0.25, 0.3) is 0 Å².